The van der Waals surface area contributed by atoms with Gasteiger partial charge in [0.05, 0.1) is 29.3 Å². The molecule has 2 fully saturated rings. The molecule has 1 saturated heterocycles. The SMILES string of the molecule is CC1(C)OC[C@@H](COc2cccc3c2cnn3-c2ccnc(NC3CCC(C(C)(C)O)CC3)n2)O1. The lowest BCUT2D eigenvalue weighted by atomic mass is 9.77. The molecule has 2 aliphatic rings. The fourth-order valence-electron chi connectivity index (χ4n) is 5.02. The number of hydrogen-bond acceptors (Lipinski definition) is 8. The van der Waals surface area contributed by atoms with E-state index in [1.54, 1.807) is 17.1 Å². The first kappa shape index (κ1) is 24.0. The van der Waals surface area contributed by atoms with Crippen LogP contribution in [-0.4, -0.2) is 61.6 Å². The third-order valence-electron chi connectivity index (χ3n) is 6.98. The summed E-state index contributed by atoms with van der Waals surface area (Å²) in [5, 5.41) is 19.3. The van der Waals surface area contributed by atoms with E-state index in [1.165, 1.54) is 0 Å². The lowest BCUT2D eigenvalue weighted by Gasteiger charge is -2.36. The van der Waals surface area contributed by atoms with Gasteiger partial charge in [-0.3, -0.25) is 0 Å². The third-order valence-corrected chi connectivity index (χ3v) is 6.98. The molecule has 0 radical (unpaired) electrons. The molecule has 1 aromatic carbocycles. The van der Waals surface area contributed by atoms with Gasteiger partial charge in [0, 0.05) is 18.3 Å². The Morgan fingerprint density at radius 3 is 2.71 bits per heavy atom. The molecule has 1 aliphatic heterocycles. The van der Waals surface area contributed by atoms with Gasteiger partial charge in [0.25, 0.3) is 0 Å². The van der Waals surface area contributed by atoms with Crippen molar-refractivity contribution in [3.63, 3.8) is 0 Å². The van der Waals surface area contributed by atoms with Crippen molar-refractivity contribution in [2.75, 3.05) is 18.5 Å². The summed E-state index contributed by atoms with van der Waals surface area (Å²) in [6, 6.07) is 8.03. The highest BCUT2D eigenvalue weighted by atomic mass is 16.7. The number of benzene rings is 1. The molecule has 5 rings (SSSR count). The van der Waals surface area contributed by atoms with Crippen LogP contribution in [0, 0.1) is 5.92 Å². The summed E-state index contributed by atoms with van der Waals surface area (Å²) < 4.78 is 19.4. The molecule has 188 valence electrons. The molecule has 0 amide bonds. The minimum absolute atomic E-state index is 0.107. The Morgan fingerprint density at radius 1 is 1.20 bits per heavy atom. The Bertz CT molecular complexity index is 1160. The van der Waals surface area contributed by atoms with Crippen molar-refractivity contribution in [1.82, 2.24) is 19.7 Å². The second kappa shape index (κ2) is 9.37. The van der Waals surface area contributed by atoms with E-state index in [4.69, 9.17) is 19.2 Å². The highest BCUT2D eigenvalue weighted by molar-refractivity contribution is 5.86. The van der Waals surface area contributed by atoms with Gasteiger partial charge in [-0.15, -0.1) is 0 Å². The number of aliphatic hydroxyl groups is 1. The minimum Gasteiger partial charge on any atom is -0.490 e. The molecule has 0 spiro atoms. The van der Waals surface area contributed by atoms with E-state index in [0.717, 1.165) is 42.3 Å². The molecule has 1 atom stereocenters. The lowest BCUT2D eigenvalue weighted by molar-refractivity contribution is -0.141. The molecule has 1 aliphatic carbocycles. The Morgan fingerprint density at radius 2 is 2.00 bits per heavy atom. The molecular formula is C26H35N5O4. The lowest BCUT2D eigenvalue weighted by Crippen LogP contribution is -2.37. The smallest absolute Gasteiger partial charge is 0.224 e. The Kier molecular flexibility index (Phi) is 6.41. The zero-order valence-electron chi connectivity index (χ0n) is 20.9. The van der Waals surface area contributed by atoms with Crippen molar-refractivity contribution in [3.8, 4) is 11.6 Å². The highest BCUT2D eigenvalue weighted by Gasteiger charge is 2.33. The van der Waals surface area contributed by atoms with Gasteiger partial charge >= 0.3 is 0 Å². The number of hydrogen-bond donors (Lipinski definition) is 2. The van der Waals surface area contributed by atoms with Crippen LogP contribution in [0.3, 0.4) is 0 Å². The minimum atomic E-state index is -0.625. The number of anilines is 1. The molecule has 0 bridgehead atoms. The molecule has 2 N–H and O–H groups in total. The Hall–Kier alpha value is -2.75. The molecule has 3 aromatic rings. The summed E-state index contributed by atoms with van der Waals surface area (Å²) in [6.45, 7) is 8.54. The van der Waals surface area contributed by atoms with E-state index in [9.17, 15) is 5.11 Å². The van der Waals surface area contributed by atoms with Crippen molar-refractivity contribution >= 4 is 16.9 Å². The number of nitrogens with one attached hydrogen (secondary N) is 1. The molecule has 9 heteroatoms. The van der Waals surface area contributed by atoms with Gasteiger partial charge in [0.15, 0.2) is 11.6 Å². The van der Waals surface area contributed by atoms with Crippen LogP contribution in [0.2, 0.25) is 0 Å². The van der Waals surface area contributed by atoms with Crippen LogP contribution < -0.4 is 10.1 Å². The van der Waals surface area contributed by atoms with Gasteiger partial charge < -0.3 is 24.6 Å². The molecule has 2 aromatic heterocycles. The zero-order chi connectivity index (χ0) is 24.6. The number of nitrogens with zero attached hydrogens (tertiary/aromatic N) is 4. The summed E-state index contributed by atoms with van der Waals surface area (Å²) in [4.78, 5) is 9.16. The topological polar surface area (TPSA) is 104 Å². The van der Waals surface area contributed by atoms with Gasteiger partial charge in [0.1, 0.15) is 18.5 Å². The largest absolute Gasteiger partial charge is 0.490 e. The third kappa shape index (κ3) is 5.42. The maximum Gasteiger partial charge on any atom is 0.224 e. The fraction of sp³-hybridized carbons (Fsp3) is 0.577. The van der Waals surface area contributed by atoms with Crippen LogP contribution in [0.15, 0.2) is 36.7 Å². The van der Waals surface area contributed by atoms with Gasteiger partial charge in [-0.1, -0.05) is 6.07 Å². The van der Waals surface area contributed by atoms with Crippen LogP contribution in [-0.2, 0) is 9.47 Å². The summed E-state index contributed by atoms with van der Waals surface area (Å²) in [6.07, 6.45) is 7.39. The molecule has 3 heterocycles. The van der Waals surface area contributed by atoms with E-state index >= 15 is 0 Å². The predicted octanol–water partition coefficient (Wildman–Crippen LogP) is 4.09. The van der Waals surface area contributed by atoms with Crippen molar-refractivity contribution in [2.45, 2.75) is 76.9 Å². The average Bonchev–Trinajstić information content (AvgIpc) is 3.41. The van der Waals surface area contributed by atoms with E-state index in [1.807, 2.05) is 52.0 Å². The monoisotopic (exact) mass is 481 g/mol. The highest BCUT2D eigenvalue weighted by Crippen LogP contribution is 2.33. The normalized spacial score (nSPS) is 24.5. The molecule has 9 nitrogen and oxygen atoms in total. The van der Waals surface area contributed by atoms with Crippen LogP contribution in [0.5, 0.6) is 5.75 Å². The van der Waals surface area contributed by atoms with Gasteiger partial charge in [0.2, 0.25) is 5.95 Å². The Labute approximate surface area is 205 Å². The zero-order valence-corrected chi connectivity index (χ0v) is 20.9. The maximum absolute atomic E-state index is 10.3. The van der Waals surface area contributed by atoms with Gasteiger partial charge in [-0.25, -0.2) is 9.67 Å². The predicted molar refractivity (Wildman–Crippen MR) is 133 cm³/mol. The average molecular weight is 482 g/mol. The summed E-state index contributed by atoms with van der Waals surface area (Å²) >= 11 is 0. The second-order valence-electron chi connectivity index (χ2n) is 10.6. The molecule has 1 saturated carbocycles. The standard InChI is InChI=1S/C26H35N5O4/c1-25(2,32)17-8-10-18(11-9-17)29-24-27-13-12-23(30-24)31-21-6-5-7-22(20(21)14-28-31)33-15-19-16-34-26(3,4)35-19/h5-7,12-14,17-19,32H,8-11,15-16H2,1-4H3,(H,27,29,30)/t17?,18?,19-/m1/s1. The Balaban J connectivity index is 1.28. The van der Waals surface area contributed by atoms with E-state index in [0.29, 0.717) is 36.9 Å². The van der Waals surface area contributed by atoms with Crippen molar-refractivity contribution in [3.05, 3.63) is 36.7 Å². The number of fused-ring (bicyclic) bond motifs is 1. The second-order valence-corrected chi connectivity index (χ2v) is 10.6. The van der Waals surface area contributed by atoms with Gasteiger partial charge in [-0.05, 0) is 71.4 Å². The van der Waals surface area contributed by atoms with E-state index in [-0.39, 0.29) is 6.10 Å². The first-order valence-electron chi connectivity index (χ1n) is 12.4. The van der Waals surface area contributed by atoms with Crippen LogP contribution in [0.1, 0.15) is 53.4 Å². The van der Waals surface area contributed by atoms with E-state index in [2.05, 4.69) is 15.4 Å². The first-order valence-corrected chi connectivity index (χ1v) is 12.4. The number of aromatic nitrogens is 4. The van der Waals surface area contributed by atoms with Crippen LogP contribution >= 0.6 is 0 Å². The maximum atomic E-state index is 10.3. The van der Waals surface area contributed by atoms with Crippen LogP contribution in [0.25, 0.3) is 16.7 Å². The van der Waals surface area contributed by atoms with E-state index < -0.39 is 11.4 Å². The number of rotatable bonds is 7. The fourth-order valence-corrected chi connectivity index (χ4v) is 5.02. The van der Waals surface area contributed by atoms with Crippen molar-refractivity contribution in [2.24, 2.45) is 5.92 Å². The summed E-state index contributed by atoms with van der Waals surface area (Å²) in [7, 11) is 0. The van der Waals surface area contributed by atoms with Gasteiger partial charge in [-0.2, -0.15) is 10.1 Å². The molecule has 35 heavy (non-hydrogen) atoms. The summed E-state index contributed by atoms with van der Waals surface area (Å²) in [5.74, 6) is 1.79. The first-order chi connectivity index (χ1) is 16.7. The quantitative estimate of drug-likeness (QED) is 0.520. The van der Waals surface area contributed by atoms with Crippen LogP contribution in [0.4, 0.5) is 5.95 Å². The number of ether oxygens (including phenoxy) is 3. The summed E-state index contributed by atoms with van der Waals surface area (Å²) in [5.41, 5.74) is 0.279. The van der Waals surface area contributed by atoms with Crippen molar-refractivity contribution in [1.29, 1.82) is 0 Å². The molecular weight excluding hydrogens is 446 g/mol. The van der Waals surface area contributed by atoms with Crippen molar-refractivity contribution < 1.29 is 19.3 Å². The molecule has 0 unspecified atom stereocenters.